The molecule has 1 heterocycles. The molecule has 5 heteroatoms. The summed E-state index contributed by atoms with van der Waals surface area (Å²) in [6.45, 7) is 4.29. The quantitative estimate of drug-likeness (QED) is 0.663. The first-order valence-corrected chi connectivity index (χ1v) is 4.36. The van der Waals surface area contributed by atoms with Gasteiger partial charge in [-0.3, -0.25) is 0 Å². The molecule has 1 saturated heterocycles. The van der Waals surface area contributed by atoms with Gasteiger partial charge in [-0.05, 0) is 13.8 Å². The molecule has 3 nitrogen and oxygen atoms in total. The Bertz CT molecular complexity index is 197. The second kappa shape index (κ2) is 3.89. The molecular formula is C8H14F2N2O. The molecule has 1 aliphatic rings. The zero-order valence-corrected chi connectivity index (χ0v) is 7.83. The van der Waals surface area contributed by atoms with Gasteiger partial charge in [0.05, 0.1) is 6.54 Å². The molecule has 0 aromatic heterocycles. The van der Waals surface area contributed by atoms with E-state index in [9.17, 15) is 13.6 Å². The summed E-state index contributed by atoms with van der Waals surface area (Å²) < 4.78 is 24.0. The molecule has 0 aromatic carbocycles. The lowest BCUT2D eigenvalue weighted by atomic mass is 10.3. The van der Waals surface area contributed by atoms with E-state index in [4.69, 9.17) is 0 Å². The lowest BCUT2D eigenvalue weighted by molar-refractivity contribution is 0.104. The fourth-order valence-corrected chi connectivity index (χ4v) is 1.42. The number of hydrogen-bond donors (Lipinski definition) is 0. The lowest BCUT2D eigenvalue weighted by Gasteiger charge is -2.21. The van der Waals surface area contributed by atoms with Crippen LogP contribution >= 0.6 is 0 Å². The van der Waals surface area contributed by atoms with Crippen LogP contribution in [-0.4, -0.2) is 47.9 Å². The van der Waals surface area contributed by atoms with E-state index in [2.05, 4.69) is 0 Å². The van der Waals surface area contributed by atoms with Crippen LogP contribution in [0.2, 0.25) is 0 Å². The summed E-state index contributed by atoms with van der Waals surface area (Å²) in [7, 11) is 0. The number of amides is 2. The van der Waals surface area contributed by atoms with Crippen molar-refractivity contribution < 1.29 is 13.6 Å². The first kappa shape index (κ1) is 10.2. The van der Waals surface area contributed by atoms with Gasteiger partial charge >= 0.3 is 6.03 Å². The summed E-state index contributed by atoms with van der Waals surface area (Å²) >= 11 is 0. The topological polar surface area (TPSA) is 23.6 Å². The van der Waals surface area contributed by atoms with Gasteiger partial charge in [0.15, 0.2) is 0 Å². The number of rotatable bonds is 3. The zero-order valence-electron chi connectivity index (χ0n) is 7.83. The third kappa shape index (κ3) is 2.29. The van der Waals surface area contributed by atoms with Crippen molar-refractivity contribution in [2.24, 2.45) is 0 Å². The third-order valence-electron chi connectivity index (χ3n) is 2.11. The summed E-state index contributed by atoms with van der Waals surface area (Å²) in [5.41, 5.74) is 0. The SMILES string of the molecule is CC(C)N1CCN(CC(F)F)C1=O. The maximum atomic E-state index is 12.0. The standard InChI is InChI=1S/C8H14F2N2O/c1-6(2)12-4-3-11(8(12)13)5-7(9)10/h6-7H,3-5H2,1-2H3. The van der Waals surface area contributed by atoms with Crippen LogP contribution in [0.5, 0.6) is 0 Å². The molecule has 0 bridgehead atoms. The molecule has 13 heavy (non-hydrogen) atoms. The Balaban J connectivity index is 2.50. The van der Waals surface area contributed by atoms with E-state index < -0.39 is 13.0 Å². The highest BCUT2D eigenvalue weighted by molar-refractivity contribution is 5.76. The number of nitrogens with zero attached hydrogens (tertiary/aromatic N) is 2. The molecule has 0 N–H and O–H groups in total. The summed E-state index contributed by atoms with van der Waals surface area (Å²) in [5.74, 6) is 0. The summed E-state index contributed by atoms with van der Waals surface area (Å²) in [6, 6.07) is -0.175. The maximum Gasteiger partial charge on any atom is 0.320 e. The highest BCUT2D eigenvalue weighted by atomic mass is 19.3. The monoisotopic (exact) mass is 192 g/mol. The minimum absolute atomic E-state index is 0.0928. The Labute approximate surface area is 76.3 Å². The largest absolute Gasteiger partial charge is 0.320 e. The molecule has 0 unspecified atom stereocenters. The van der Waals surface area contributed by atoms with Crippen molar-refractivity contribution in [3.63, 3.8) is 0 Å². The van der Waals surface area contributed by atoms with Crippen molar-refractivity contribution in [3.8, 4) is 0 Å². The maximum absolute atomic E-state index is 12.0. The van der Waals surface area contributed by atoms with E-state index >= 15 is 0 Å². The van der Waals surface area contributed by atoms with Crippen LogP contribution in [0.4, 0.5) is 13.6 Å². The second-order valence-corrected chi connectivity index (χ2v) is 3.41. The van der Waals surface area contributed by atoms with Crippen molar-refractivity contribution in [2.45, 2.75) is 26.3 Å². The van der Waals surface area contributed by atoms with E-state index in [0.29, 0.717) is 13.1 Å². The molecule has 0 atom stereocenters. The van der Waals surface area contributed by atoms with Gasteiger partial charge in [-0.2, -0.15) is 0 Å². The highest BCUT2D eigenvalue weighted by Gasteiger charge is 2.31. The predicted octanol–water partition coefficient (Wildman–Crippen LogP) is 1.40. The van der Waals surface area contributed by atoms with Crippen molar-refractivity contribution in [1.82, 2.24) is 9.80 Å². The van der Waals surface area contributed by atoms with Gasteiger partial charge in [0.2, 0.25) is 0 Å². The smallest absolute Gasteiger partial charge is 0.320 e. The molecule has 0 radical (unpaired) electrons. The van der Waals surface area contributed by atoms with Crippen LogP contribution in [0.3, 0.4) is 0 Å². The van der Waals surface area contributed by atoms with Crippen LogP contribution in [0, 0.1) is 0 Å². The number of urea groups is 1. The number of hydrogen-bond acceptors (Lipinski definition) is 1. The number of carbonyl (C=O) groups excluding carboxylic acids is 1. The number of alkyl halides is 2. The zero-order chi connectivity index (χ0) is 10.0. The molecule has 1 aliphatic heterocycles. The van der Waals surface area contributed by atoms with E-state index in [1.165, 1.54) is 4.90 Å². The normalized spacial score (nSPS) is 18.2. The fraction of sp³-hybridized carbons (Fsp3) is 0.875. The van der Waals surface area contributed by atoms with Crippen LogP contribution in [0.15, 0.2) is 0 Å². The van der Waals surface area contributed by atoms with Gasteiger partial charge in [0.25, 0.3) is 6.43 Å². The van der Waals surface area contributed by atoms with Crippen LogP contribution in [0.25, 0.3) is 0 Å². The molecule has 0 saturated carbocycles. The summed E-state index contributed by atoms with van der Waals surface area (Å²) in [4.78, 5) is 14.2. The Morgan fingerprint density at radius 2 is 2.00 bits per heavy atom. The van der Waals surface area contributed by atoms with Crippen molar-refractivity contribution >= 4 is 6.03 Å². The van der Waals surface area contributed by atoms with Crippen molar-refractivity contribution in [2.75, 3.05) is 19.6 Å². The fourth-order valence-electron chi connectivity index (χ4n) is 1.42. The van der Waals surface area contributed by atoms with E-state index in [0.717, 1.165) is 0 Å². The Hall–Kier alpha value is -0.870. The Morgan fingerprint density at radius 1 is 1.38 bits per heavy atom. The average Bonchev–Trinajstić information content (AvgIpc) is 2.32. The van der Waals surface area contributed by atoms with Gasteiger partial charge in [-0.25, -0.2) is 13.6 Å². The molecule has 0 aliphatic carbocycles. The number of carbonyl (C=O) groups is 1. The van der Waals surface area contributed by atoms with E-state index in [1.807, 2.05) is 13.8 Å². The molecular weight excluding hydrogens is 178 g/mol. The lowest BCUT2D eigenvalue weighted by Crippen LogP contribution is -2.37. The van der Waals surface area contributed by atoms with Crippen molar-refractivity contribution in [1.29, 1.82) is 0 Å². The Kier molecular flexibility index (Phi) is 3.06. The second-order valence-electron chi connectivity index (χ2n) is 3.41. The molecule has 1 fully saturated rings. The predicted molar refractivity (Wildman–Crippen MR) is 44.8 cm³/mol. The molecule has 0 aromatic rings. The molecule has 2 amide bonds. The van der Waals surface area contributed by atoms with Gasteiger partial charge in [0, 0.05) is 19.1 Å². The average molecular weight is 192 g/mol. The van der Waals surface area contributed by atoms with Gasteiger partial charge < -0.3 is 9.80 Å². The summed E-state index contributed by atoms with van der Waals surface area (Å²) in [6.07, 6.45) is -2.43. The minimum atomic E-state index is -2.43. The molecule has 0 spiro atoms. The van der Waals surface area contributed by atoms with Crippen molar-refractivity contribution in [3.05, 3.63) is 0 Å². The minimum Gasteiger partial charge on any atom is -0.320 e. The first-order valence-electron chi connectivity index (χ1n) is 4.36. The summed E-state index contributed by atoms with van der Waals surface area (Å²) in [5, 5.41) is 0. The van der Waals surface area contributed by atoms with E-state index in [1.54, 1.807) is 4.90 Å². The third-order valence-corrected chi connectivity index (χ3v) is 2.11. The van der Waals surface area contributed by atoms with Crippen LogP contribution in [-0.2, 0) is 0 Å². The van der Waals surface area contributed by atoms with Gasteiger partial charge in [-0.15, -0.1) is 0 Å². The highest BCUT2D eigenvalue weighted by Crippen LogP contribution is 2.13. The van der Waals surface area contributed by atoms with Gasteiger partial charge in [-0.1, -0.05) is 0 Å². The van der Waals surface area contributed by atoms with Gasteiger partial charge in [0.1, 0.15) is 0 Å². The van der Waals surface area contributed by atoms with Crippen LogP contribution < -0.4 is 0 Å². The first-order chi connectivity index (χ1) is 6.02. The van der Waals surface area contributed by atoms with E-state index in [-0.39, 0.29) is 12.1 Å². The number of halogens is 2. The molecule has 76 valence electrons. The molecule has 1 rings (SSSR count). The van der Waals surface area contributed by atoms with Crippen LogP contribution in [0.1, 0.15) is 13.8 Å². The Morgan fingerprint density at radius 3 is 2.38 bits per heavy atom.